The number of carbonyl (C=O) groups is 1. The van der Waals surface area contributed by atoms with Crippen LogP contribution in [0.2, 0.25) is 0 Å². The van der Waals surface area contributed by atoms with Crippen molar-refractivity contribution in [3.63, 3.8) is 0 Å². The van der Waals surface area contributed by atoms with Crippen LogP contribution in [0.4, 0.5) is 13.2 Å². The summed E-state index contributed by atoms with van der Waals surface area (Å²) in [5.74, 6) is 0.154. The fourth-order valence-corrected chi connectivity index (χ4v) is 3.46. The predicted octanol–water partition coefficient (Wildman–Crippen LogP) is 2.99. The lowest BCUT2D eigenvalue weighted by Gasteiger charge is -2.29. The molecule has 1 saturated heterocycles. The lowest BCUT2D eigenvalue weighted by molar-refractivity contribution is -0.142. The zero-order valence-electron chi connectivity index (χ0n) is 16.2. The van der Waals surface area contributed by atoms with Crippen LogP contribution < -0.4 is 10.5 Å². The van der Waals surface area contributed by atoms with Gasteiger partial charge in [-0.05, 0) is 43.2 Å². The summed E-state index contributed by atoms with van der Waals surface area (Å²) in [5.41, 5.74) is 5.34. The smallest absolute Gasteiger partial charge is 0.433 e. The Morgan fingerprint density at radius 3 is 2.43 bits per heavy atom. The molecule has 7 nitrogen and oxygen atoms in total. The molecule has 1 aliphatic rings. The Labute approximate surface area is 170 Å². The minimum Gasteiger partial charge on any atom is -0.497 e. The molecule has 3 heterocycles. The highest BCUT2D eigenvalue weighted by molar-refractivity contribution is 5.93. The Kier molecular flexibility index (Phi) is 5.10. The Hall–Kier alpha value is -3.14. The highest BCUT2D eigenvalue weighted by Crippen LogP contribution is 2.33. The van der Waals surface area contributed by atoms with Crippen molar-refractivity contribution in [2.24, 2.45) is 5.73 Å². The lowest BCUT2D eigenvalue weighted by atomic mass is 10.1. The molecule has 158 valence electrons. The summed E-state index contributed by atoms with van der Waals surface area (Å²) in [6, 6.07) is 8.77. The van der Waals surface area contributed by atoms with Gasteiger partial charge < -0.3 is 15.4 Å². The number of aromatic nitrogens is 3. The SMILES string of the molecule is COc1ccc(-c2cc(C(F)(F)F)n3nc(C(=O)N4CCC(N)CC4)cc3n2)cc1. The third-order valence-corrected chi connectivity index (χ3v) is 5.15. The molecule has 0 aliphatic carbocycles. The van der Waals surface area contributed by atoms with Gasteiger partial charge in [0.05, 0.1) is 12.8 Å². The van der Waals surface area contributed by atoms with Gasteiger partial charge in [-0.2, -0.15) is 18.3 Å². The van der Waals surface area contributed by atoms with Gasteiger partial charge in [-0.3, -0.25) is 4.79 Å². The Morgan fingerprint density at radius 2 is 1.83 bits per heavy atom. The van der Waals surface area contributed by atoms with Gasteiger partial charge in [0.15, 0.2) is 17.0 Å². The van der Waals surface area contributed by atoms with E-state index in [1.54, 1.807) is 29.2 Å². The number of benzene rings is 1. The summed E-state index contributed by atoms with van der Waals surface area (Å²) < 4.78 is 46.9. The first-order valence-electron chi connectivity index (χ1n) is 9.43. The predicted molar refractivity (Wildman–Crippen MR) is 103 cm³/mol. The fourth-order valence-electron chi connectivity index (χ4n) is 3.46. The quantitative estimate of drug-likeness (QED) is 0.706. The Balaban J connectivity index is 1.76. The molecule has 1 fully saturated rings. The van der Waals surface area contributed by atoms with E-state index in [-0.39, 0.29) is 23.1 Å². The van der Waals surface area contributed by atoms with Gasteiger partial charge in [-0.15, -0.1) is 0 Å². The van der Waals surface area contributed by atoms with Crippen molar-refractivity contribution in [1.82, 2.24) is 19.5 Å². The summed E-state index contributed by atoms with van der Waals surface area (Å²) in [7, 11) is 1.50. The van der Waals surface area contributed by atoms with Crippen LogP contribution in [0, 0.1) is 0 Å². The van der Waals surface area contributed by atoms with E-state index in [1.807, 2.05) is 0 Å². The third kappa shape index (κ3) is 3.82. The maximum absolute atomic E-state index is 13.7. The maximum atomic E-state index is 13.7. The molecular formula is C20H20F3N5O2. The summed E-state index contributed by atoms with van der Waals surface area (Å²) >= 11 is 0. The second kappa shape index (κ2) is 7.60. The first kappa shape index (κ1) is 20.1. The number of hydrogen-bond donors (Lipinski definition) is 1. The van der Waals surface area contributed by atoms with E-state index in [0.29, 0.717) is 41.8 Å². The maximum Gasteiger partial charge on any atom is 0.433 e. The minimum atomic E-state index is -4.67. The zero-order valence-corrected chi connectivity index (χ0v) is 16.2. The number of methoxy groups -OCH3 is 1. The Bertz CT molecular complexity index is 1070. The van der Waals surface area contributed by atoms with Crippen LogP contribution in [-0.2, 0) is 6.18 Å². The second-order valence-electron chi connectivity index (χ2n) is 7.18. The van der Waals surface area contributed by atoms with Crippen molar-refractivity contribution in [2.75, 3.05) is 20.2 Å². The average molecular weight is 419 g/mol. The number of rotatable bonds is 3. The summed E-state index contributed by atoms with van der Waals surface area (Å²) in [5, 5.41) is 3.93. The number of alkyl halides is 3. The summed E-state index contributed by atoms with van der Waals surface area (Å²) in [6.07, 6.45) is -3.38. The molecule has 1 amide bonds. The van der Waals surface area contributed by atoms with Crippen molar-refractivity contribution in [3.05, 3.63) is 47.8 Å². The molecular weight excluding hydrogens is 399 g/mol. The number of nitrogens with two attached hydrogens (primary N) is 1. The average Bonchev–Trinajstić information content (AvgIpc) is 3.16. The molecule has 3 aromatic rings. The normalized spacial score (nSPS) is 15.6. The molecule has 1 aliphatic heterocycles. The molecule has 1 aromatic carbocycles. The van der Waals surface area contributed by atoms with Crippen LogP contribution in [0.25, 0.3) is 16.9 Å². The number of fused-ring (bicyclic) bond motifs is 1. The largest absolute Gasteiger partial charge is 0.497 e. The van der Waals surface area contributed by atoms with Gasteiger partial charge in [0.2, 0.25) is 0 Å². The number of amides is 1. The molecule has 4 rings (SSSR count). The van der Waals surface area contributed by atoms with E-state index in [0.717, 1.165) is 6.07 Å². The van der Waals surface area contributed by atoms with E-state index in [4.69, 9.17) is 10.5 Å². The third-order valence-electron chi connectivity index (χ3n) is 5.15. The van der Waals surface area contributed by atoms with Crippen LogP contribution in [0.15, 0.2) is 36.4 Å². The van der Waals surface area contributed by atoms with E-state index in [2.05, 4.69) is 10.1 Å². The molecule has 2 aromatic heterocycles. The number of piperidine rings is 1. The fraction of sp³-hybridized carbons (Fsp3) is 0.350. The number of likely N-dealkylation sites (tertiary alicyclic amines) is 1. The van der Waals surface area contributed by atoms with Crippen molar-refractivity contribution in [3.8, 4) is 17.0 Å². The number of nitrogens with zero attached hydrogens (tertiary/aromatic N) is 4. The Morgan fingerprint density at radius 1 is 1.17 bits per heavy atom. The molecule has 0 saturated carbocycles. The van der Waals surface area contributed by atoms with Crippen molar-refractivity contribution in [2.45, 2.75) is 25.1 Å². The van der Waals surface area contributed by atoms with Crippen LogP contribution >= 0.6 is 0 Å². The molecule has 2 N–H and O–H groups in total. The van der Waals surface area contributed by atoms with E-state index < -0.39 is 17.8 Å². The topological polar surface area (TPSA) is 85.8 Å². The highest BCUT2D eigenvalue weighted by Gasteiger charge is 2.36. The molecule has 0 radical (unpaired) electrons. The molecule has 30 heavy (non-hydrogen) atoms. The van der Waals surface area contributed by atoms with Crippen LogP contribution in [-0.4, -0.2) is 51.6 Å². The summed E-state index contributed by atoms with van der Waals surface area (Å²) in [6.45, 7) is 0.898. The van der Waals surface area contributed by atoms with Crippen LogP contribution in [0.1, 0.15) is 29.0 Å². The van der Waals surface area contributed by atoms with Gasteiger partial charge in [0, 0.05) is 30.8 Å². The minimum absolute atomic E-state index is 0.0284. The lowest BCUT2D eigenvalue weighted by Crippen LogP contribution is -2.43. The second-order valence-corrected chi connectivity index (χ2v) is 7.18. The van der Waals surface area contributed by atoms with Crippen LogP contribution in [0.3, 0.4) is 0 Å². The molecule has 0 unspecified atom stereocenters. The van der Waals surface area contributed by atoms with E-state index >= 15 is 0 Å². The van der Waals surface area contributed by atoms with Gasteiger partial charge in [-0.1, -0.05) is 0 Å². The molecule has 10 heteroatoms. The van der Waals surface area contributed by atoms with Crippen molar-refractivity contribution < 1.29 is 22.7 Å². The van der Waals surface area contributed by atoms with Gasteiger partial charge in [0.1, 0.15) is 5.75 Å². The number of carbonyl (C=O) groups excluding carboxylic acids is 1. The molecule has 0 atom stereocenters. The van der Waals surface area contributed by atoms with Crippen molar-refractivity contribution >= 4 is 11.6 Å². The number of halogens is 3. The number of hydrogen-bond acceptors (Lipinski definition) is 5. The number of ether oxygens (including phenoxy) is 1. The monoisotopic (exact) mass is 419 g/mol. The first-order chi connectivity index (χ1) is 14.3. The van der Waals surface area contributed by atoms with Gasteiger partial charge in [0.25, 0.3) is 5.91 Å². The summed E-state index contributed by atoms with van der Waals surface area (Å²) in [4.78, 5) is 18.6. The molecule has 0 bridgehead atoms. The highest BCUT2D eigenvalue weighted by atomic mass is 19.4. The van der Waals surface area contributed by atoms with E-state index in [1.165, 1.54) is 13.2 Å². The molecule has 0 spiro atoms. The standard InChI is InChI=1S/C20H20F3N5O2/c1-30-14-4-2-12(3-5-14)15-10-17(20(21,22)23)28-18(25-15)11-16(26-28)19(29)27-8-6-13(24)7-9-27/h2-5,10-11,13H,6-9,24H2,1H3. The van der Waals surface area contributed by atoms with E-state index in [9.17, 15) is 18.0 Å². The van der Waals surface area contributed by atoms with Crippen LogP contribution in [0.5, 0.6) is 5.75 Å². The zero-order chi connectivity index (χ0) is 21.5. The van der Waals surface area contributed by atoms with Gasteiger partial charge >= 0.3 is 6.18 Å². The van der Waals surface area contributed by atoms with Crippen molar-refractivity contribution in [1.29, 1.82) is 0 Å². The first-order valence-corrected chi connectivity index (χ1v) is 9.43. The van der Waals surface area contributed by atoms with Gasteiger partial charge in [-0.25, -0.2) is 9.50 Å².